The van der Waals surface area contributed by atoms with E-state index in [0.717, 1.165) is 6.07 Å². The summed E-state index contributed by atoms with van der Waals surface area (Å²) in [5, 5.41) is 10.3. The number of nitrogens with zero attached hydrogens (tertiary/aromatic N) is 5. The van der Waals surface area contributed by atoms with Gasteiger partial charge in [-0.25, -0.2) is 23.1 Å². The lowest BCUT2D eigenvalue weighted by Crippen LogP contribution is -2.35. The Morgan fingerprint density at radius 2 is 2.12 bits per heavy atom. The van der Waals surface area contributed by atoms with Crippen molar-refractivity contribution in [2.75, 3.05) is 23.5 Å². The van der Waals surface area contributed by atoms with Gasteiger partial charge in [0.05, 0.1) is 22.4 Å². The van der Waals surface area contributed by atoms with Crippen molar-refractivity contribution >= 4 is 27.7 Å². The Labute approximate surface area is 190 Å². The number of nitriles is 1. The number of fused-ring (bicyclic) bond motifs is 1. The lowest BCUT2D eigenvalue weighted by atomic mass is 9.82. The van der Waals surface area contributed by atoms with Gasteiger partial charge in [-0.3, -0.25) is 13.6 Å². The molecule has 0 radical (unpaired) electrons. The number of hydrogen-bond acceptors (Lipinski definition) is 6. The molecule has 0 spiro atoms. The van der Waals surface area contributed by atoms with Crippen LogP contribution in [-0.4, -0.2) is 37.3 Å². The summed E-state index contributed by atoms with van der Waals surface area (Å²) < 4.78 is 54.1. The van der Waals surface area contributed by atoms with Crippen LogP contribution >= 0.6 is 0 Å². The number of hydrogen-bond donors (Lipinski definition) is 0. The second-order valence-electron chi connectivity index (χ2n) is 8.07. The monoisotopic (exact) mass is 475 g/mol. The van der Waals surface area contributed by atoms with Gasteiger partial charge in [-0.05, 0) is 12.5 Å². The minimum absolute atomic E-state index is 0.0618. The van der Waals surface area contributed by atoms with E-state index in [1.54, 1.807) is 18.0 Å². The molecule has 11 heteroatoms. The Hall–Kier alpha value is -3.26. The third-order valence-electron chi connectivity index (χ3n) is 5.99. The predicted octanol–water partition coefficient (Wildman–Crippen LogP) is 2.96. The highest BCUT2D eigenvalue weighted by Gasteiger charge is 2.42. The fraction of sp³-hybridized carbons (Fsp3) is 0.364. The Balaban J connectivity index is 1.84. The van der Waals surface area contributed by atoms with E-state index in [0.29, 0.717) is 29.0 Å². The van der Waals surface area contributed by atoms with Gasteiger partial charge in [0.15, 0.2) is 0 Å². The minimum atomic E-state index is -2.94. The molecule has 0 saturated carbocycles. The maximum absolute atomic E-state index is 14.6. The molecule has 172 valence electrons. The molecule has 33 heavy (non-hydrogen) atoms. The van der Waals surface area contributed by atoms with Crippen LogP contribution in [0.2, 0.25) is 0 Å². The van der Waals surface area contributed by atoms with E-state index in [-0.39, 0.29) is 23.4 Å². The average molecular weight is 475 g/mol. The molecule has 2 aromatic heterocycles. The van der Waals surface area contributed by atoms with Gasteiger partial charge in [-0.1, -0.05) is 18.2 Å². The summed E-state index contributed by atoms with van der Waals surface area (Å²) in [7, 11) is 1.93. The number of aryl methyl sites for hydroxylation is 1. The van der Waals surface area contributed by atoms with Gasteiger partial charge in [-0.15, -0.1) is 0 Å². The maximum Gasteiger partial charge on any atom is 0.266 e. The van der Waals surface area contributed by atoms with Gasteiger partial charge in [-0.2, -0.15) is 5.26 Å². The Bertz CT molecular complexity index is 1370. The molecule has 3 aromatic rings. The molecule has 1 aromatic carbocycles. The first-order chi connectivity index (χ1) is 15.7. The largest absolute Gasteiger partial charge is 0.355 e. The van der Waals surface area contributed by atoms with Crippen molar-refractivity contribution in [2.24, 2.45) is 7.05 Å². The molecule has 2 unspecified atom stereocenters. The maximum atomic E-state index is 14.6. The zero-order valence-electron chi connectivity index (χ0n) is 17.9. The van der Waals surface area contributed by atoms with Crippen molar-refractivity contribution < 1.29 is 17.4 Å². The van der Waals surface area contributed by atoms with Crippen LogP contribution in [0.1, 0.15) is 29.5 Å². The van der Waals surface area contributed by atoms with Gasteiger partial charge in [0.2, 0.25) is 0 Å². The fourth-order valence-corrected chi connectivity index (χ4v) is 5.83. The van der Waals surface area contributed by atoms with E-state index in [1.807, 2.05) is 0 Å². The summed E-state index contributed by atoms with van der Waals surface area (Å²) in [6, 6.07) is 7.55. The van der Waals surface area contributed by atoms with Crippen molar-refractivity contribution in [1.82, 2.24) is 14.5 Å². The lowest BCUT2D eigenvalue weighted by molar-refractivity contribution is 0.146. The molecule has 0 N–H and O–H groups in total. The minimum Gasteiger partial charge on any atom is -0.355 e. The zero-order chi connectivity index (χ0) is 23.9. The van der Waals surface area contributed by atoms with Gasteiger partial charge < -0.3 is 4.90 Å². The second-order valence-corrected chi connectivity index (χ2v) is 9.64. The van der Waals surface area contributed by atoms with Crippen molar-refractivity contribution in [1.29, 1.82) is 5.26 Å². The van der Waals surface area contributed by atoms with Crippen LogP contribution in [0.5, 0.6) is 0 Å². The number of rotatable bonds is 5. The first-order valence-corrected chi connectivity index (χ1v) is 11.6. The van der Waals surface area contributed by atoms with Gasteiger partial charge in [0.1, 0.15) is 23.6 Å². The van der Waals surface area contributed by atoms with Crippen LogP contribution in [0, 0.1) is 17.1 Å². The van der Waals surface area contributed by atoms with E-state index in [1.165, 1.54) is 30.1 Å². The number of anilines is 1. The van der Waals surface area contributed by atoms with E-state index in [2.05, 4.69) is 16.0 Å². The molecule has 1 aliphatic heterocycles. The number of alkyl halides is 2. The van der Waals surface area contributed by atoms with Crippen LogP contribution in [-0.2, 0) is 29.8 Å². The van der Waals surface area contributed by atoms with E-state index >= 15 is 0 Å². The van der Waals surface area contributed by atoms with Crippen molar-refractivity contribution in [2.45, 2.75) is 24.8 Å². The number of pyridine rings is 1. The summed E-state index contributed by atoms with van der Waals surface area (Å²) in [5.41, 5.74) is -1.70. The van der Waals surface area contributed by atoms with Crippen molar-refractivity contribution in [3.05, 3.63) is 63.5 Å². The summed E-state index contributed by atoms with van der Waals surface area (Å²) in [5.74, 6) is -0.255. The highest BCUT2D eigenvalue weighted by atomic mass is 32.2. The molecular formula is C22H20F3N5O2S. The number of benzene rings is 1. The summed E-state index contributed by atoms with van der Waals surface area (Å²) in [4.78, 5) is 23.1. The highest BCUT2D eigenvalue weighted by Crippen LogP contribution is 2.35. The van der Waals surface area contributed by atoms with Gasteiger partial charge >= 0.3 is 0 Å². The van der Waals surface area contributed by atoms with Crippen molar-refractivity contribution in [3.63, 3.8) is 0 Å². The van der Waals surface area contributed by atoms with Crippen LogP contribution < -0.4 is 10.5 Å². The van der Waals surface area contributed by atoms with Crippen LogP contribution in [0.15, 0.2) is 35.4 Å². The molecule has 4 rings (SSSR count). The van der Waals surface area contributed by atoms with Crippen LogP contribution in [0.4, 0.5) is 19.0 Å². The molecule has 2 atom stereocenters. The zero-order valence-corrected chi connectivity index (χ0v) is 18.7. The standard InChI is InChI=1S/C22H20F3N5O2S/c1-29(9-13-4-3-5-14(17(13)23)18(24)25)19-15-8-16(22(10-26)6-7-33(32)11-22)21(31)30(2)20(15)28-12-27-19/h3-5,8,12,18H,6-7,9,11H2,1-2H3. The second kappa shape index (κ2) is 8.59. The molecule has 0 bridgehead atoms. The predicted molar refractivity (Wildman–Crippen MR) is 118 cm³/mol. The smallest absolute Gasteiger partial charge is 0.266 e. The molecular weight excluding hydrogens is 455 g/mol. The Morgan fingerprint density at radius 3 is 2.76 bits per heavy atom. The normalized spacial score (nSPS) is 20.3. The lowest BCUT2D eigenvalue weighted by Gasteiger charge is -2.23. The quantitative estimate of drug-likeness (QED) is 0.564. The van der Waals surface area contributed by atoms with E-state index in [4.69, 9.17) is 0 Å². The molecule has 0 aliphatic carbocycles. The van der Waals surface area contributed by atoms with Gasteiger partial charge in [0.25, 0.3) is 12.0 Å². The third kappa shape index (κ3) is 3.88. The third-order valence-corrected chi connectivity index (χ3v) is 7.46. The van der Waals surface area contributed by atoms with Crippen molar-refractivity contribution in [3.8, 4) is 6.07 Å². The first-order valence-electron chi connectivity index (χ1n) is 10.1. The molecule has 3 heterocycles. The molecule has 1 fully saturated rings. The molecule has 1 saturated heterocycles. The van der Waals surface area contributed by atoms with Crippen LogP contribution in [0.3, 0.4) is 0 Å². The summed E-state index contributed by atoms with van der Waals surface area (Å²) in [6.45, 7) is -0.0654. The Kier molecular flexibility index (Phi) is 5.97. The Morgan fingerprint density at radius 1 is 1.36 bits per heavy atom. The number of aromatic nitrogens is 3. The average Bonchev–Trinajstić information content (AvgIpc) is 3.18. The van der Waals surface area contributed by atoms with Crippen LogP contribution in [0.25, 0.3) is 11.0 Å². The summed E-state index contributed by atoms with van der Waals surface area (Å²) in [6.07, 6.45) is -1.39. The number of halogens is 3. The molecule has 0 amide bonds. The fourth-order valence-electron chi connectivity index (χ4n) is 4.19. The topological polar surface area (TPSA) is 91.9 Å². The molecule has 1 aliphatic rings. The SMILES string of the molecule is CN(Cc1cccc(C(F)F)c1F)c1ncnc2c1cc(C1(C#N)CCS(=O)C1)c(=O)n2C. The van der Waals surface area contributed by atoms with E-state index in [9.17, 15) is 27.4 Å². The summed E-state index contributed by atoms with van der Waals surface area (Å²) >= 11 is 0. The highest BCUT2D eigenvalue weighted by molar-refractivity contribution is 7.85. The first kappa shape index (κ1) is 22.9. The van der Waals surface area contributed by atoms with E-state index < -0.39 is 39.6 Å². The molecule has 7 nitrogen and oxygen atoms in total. The van der Waals surface area contributed by atoms with Gasteiger partial charge in [0, 0.05) is 54.1 Å².